The molecular formula is C25H18Br2FNO2. The van der Waals surface area contributed by atoms with Gasteiger partial charge in [0.1, 0.15) is 12.4 Å². The van der Waals surface area contributed by atoms with Crippen molar-refractivity contribution < 1.29 is 13.9 Å². The van der Waals surface area contributed by atoms with Crippen molar-refractivity contribution in [3.8, 4) is 23.0 Å². The van der Waals surface area contributed by atoms with Gasteiger partial charge in [0.2, 0.25) is 0 Å². The average Bonchev–Trinajstić information content (AvgIpc) is 3.07. The topological polar surface area (TPSA) is 38.3 Å². The van der Waals surface area contributed by atoms with Gasteiger partial charge < -0.3 is 10.1 Å². The highest BCUT2D eigenvalue weighted by atomic mass is 79.9. The third-order valence-corrected chi connectivity index (χ3v) is 6.17. The second-order valence-corrected chi connectivity index (χ2v) is 8.82. The van der Waals surface area contributed by atoms with Crippen molar-refractivity contribution in [2.24, 2.45) is 0 Å². The van der Waals surface area contributed by atoms with E-state index in [1.165, 1.54) is 28.3 Å². The molecule has 0 spiro atoms. The van der Waals surface area contributed by atoms with Crippen molar-refractivity contribution >= 4 is 38.0 Å². The standard InChI is InChI=1S/C25H18Br2FNO2/c26-16-13-23(27)21(24(28)14-16)11-5-6-12-29-25(30)31-15-22-19-9-3-1-7-17(19)18-8-2-4-10-20(18)22/h1-4,7-10,13-14,22H,6,12,15H2,(H,29,30). The third kappa shape index (κ3) is 4.84. The molecule has 3 aromatic rings. The number of fused-ring (bicyclic) bond motifs is 3. The lowest BCUT2D eigenvalue weighted by Crippen LogP contribution is -2.26. The van der Waals surface area contributed by atoms with Crippen LogP contribution in [-0.2, 0) is 4.74 Å². The maximum absolute atomic E-state index is 14.0. The van der Waals surface area contributed by atoms with E-state index in [2.05, 4.69) is 73.3 Å². The van der Waals surface area contributed by atoms with Gasteiger partial charge in [0.05, 0.1) is 5.56 Å². The highest BCUT2D eigenvalue weighted by Gasteiger charge is 2.28. The normalized spacial score (nSPS) is 11.8. The van der Waals surface area contributed by atoms with Gasteiger partial charge in [-0.1, -0.05) is 76.3 Å². The molecule has 3 aromatic carbocycles. The molecule has 0 aromatic heterocycles. The summed E-state index contributed by atoms with van der Waals surface area (Å²) in [5.41, 5.74) is 5.01. The van der Waals surface area contributed by atoms with Crippen LogP contribution in [0.2, 0.25) is 0 Å². The van der Waals surface area contributed by atoms with E-state index in [9.17, 15) is 9.18 Å². The maximum Gasteiger partial charge on any atom is 0.407 e. The van der Waals surface area contributed by atoms with Gasteiger partial charge >= 0.3 is 6.09 Å². The summed E-state index contributed by atoms with van der Waals surface area (Å²) in [5.74, 6) is 5.29. The number of rotatable bonds is 4. The predicted molar refractivity (Wildman–Crippen MR) is 126 cm³/mol. The average molecular weight is 543 g/mol. The van der Waals surface area contributed by atoms with Gasteiger partial charge in [-0.2, -0.15) is 0 Å². The van der Waals surface area contributed by atoms with Crippen LogP contribution in [0.5, 0.6) is 0 Å². The maximum atomic E-state index is 14.0. The zero-order chi connectivity index (χ0) is 21.8. The lowest BCUT2D eigenvalue weighted by molar-refractivity contribution is 0.143. The quantitative estimate of drug-likeness (QED) is 0.297. The van der Waals surface area contributed by atoms with E-state index >= 15 is 0 Å². The Hall–Kier alpha value is -2.62. The molecule has 1 aliphatic carbocycles. The molecule has 0 atom stereocenters. The minimum Gasteiger partial charge on any atom is -0.449 e. The molecular weight excluding hydrogens is 525 g/mol. The number of amides is 1. The van der Waals surface area contributed by atoms with Gasteiger partial charge in [0.15, 0.2) is 0 Å². The molecule has 0 aliphatic heterocycles. The van der Waals surface area contributed by atoms with E-state index in [4.69, 9.17) is 4.74 Å². The van der Waals surface area contributed by atoms with Crippen molar-refractivity contribution in [2.75, 3.05) is 13.2 Å². The summed E-state index contributed by atoms with van der Waals surface area (Å²) in [5, 5.41) is 2.70. The molecule has 0 radical (unpaired) electrons. The molecule has 3 nitrogen and oxygen atoms in total. The van der Waals surface area contributed by atoms with Crippen LogP contribution in [0, 0.1) is 17.7 Å². The summed E-state index contributed by atoms with van der Waals surface area (Å²) >= 11 is 6.54. The Kier molecular flexibility index (Phi) is 6.74. The van der Waals surface area contributed by atoms with E-state index in [0.29, 0.717) is 27.5 Å². The van der Waals surface area contributed by atoms with E-state index < -0.39 is 11.9 Å². The van der Waals surface area contributed by atoms with Crippen molar-refractivity contribution in [1.82, 2.24) is 5.32 Å². The third-order valence-electron chi connectivity index (χ3n) is 5.08. The number of nitrogens with one attached hydrogen (secondary N) is 1. The first-order valence-electron chi connectivity index (χ1n) is 9.77. The first kappa shape index (κ1) is 21.6. The van der Waals surface area contributed by atoms with E-state index in [0.717, 1.165) is 0 Å². The number of hydrogen-bond acceptors (Lipinski definition) is 2. The second-order valence-electron chi connectivity index (χ2n) is 7.05. The molecule has 0 saturated carbocycles. The number of ether oxygens (including phenoxy) is 1. The number of halogens is 3. The van der Waals surface area contributed by atoms with Crippen LogP contribution in [0.4, 0.5) is 9.18 Å². The van der Waals surface area contributed by atoms with E-state index in [-0.39, 0.29) is 12.5 Å². The van der Waals surface area contributed by atoms with Gasteiger partial charge in [-0.3, -0.25) is 0 Å². The van der Waals surface area contributed by atoms with Crippen molar-refractivity contribution in [3.05, 3.63) is 92.1 Å². The molecule has 156 valence electrons. The molecule has 6 heteroatoms. The first-order valence-corrected chi connectivity index (χ1v) is 11.4. The van der Waals surface area contributed by atoms with E-state index in [1.54, 1.807) is 6.07 Å². The molecule has 0 fully saturated rings. The summed E-state index contributed by atoms with van der Waals surface area (Å²) in [7, 11) is 0. The first-order chi connectivity index (χ1) is 15.0. The number of benzene rings is 3. The fraction of sp³-hybridized carbons (Fsp3) is 0.160. The fourth-order valence-corrected chi connectivity index (χ4v) is 4.96. The highest BCUT2D eigenvalue weighted by Crippen LogP contribution is 2.44. The van der Waals surface area contributed by atoms with Gasteiger partial charge in [-0.25, -0.2) is 9.18 Å². The monoisotopic (exact) mass is 541 g/mol. The minimum atomic E-state index is -0.486. The molecule has 31 heavy (non-hydrogen) atoms. The molecule has 0 heterocycles. The smallest absolute Gasteiger partial charge is 0.407 e. The number of carbonyl (C=O) groups is 1. The van der Waals surface area contributed by atoms with Crippen LogP contribution < -0.4 is 5.32 Å². The summed E-state index contributed by atoms with van der Waals surface area (Å²) in [6.45, 7) is 0.585. The largest absolute Gasteiger partial charge is 0.449 e. The Morgan fingerprint density at radius 3 is 2.32 bits per heavy atom. The van der Waals surface area contributed by atoms with Crippen LogP contribution in [0.15, 0.2) is 69.6 Å². The van der Waals surface area contributed by atoms with Gasteiger partial charge in [-0.15, -0.1) is 0 Å². The van der Waals surface area contributed by atoms with E-state index in [1.807, 2.05) is 24.3 Å². The SMILES string of the molecule is O=C(NCCC#Cc1c(F)cc(Br)cc1Br)OCC1c2ccccc2-c2ccccc21. The Morgan fingerprint density at radius 2 is 1.68 bits per heavy atom. The predicted octanol–water partition coefficient (Wildman–Crippen LogP) is 6.63. The molecule has 0 bridgehead atoms. The highest BCUT2D eigenvalue weighted by molar-refractivity contribution is 9.11. The number of hydrogen-bond donors (Lipinski definition) is 1. The van der Waals surface area contributed by atoms with Crippen LogP contribution in [0.1, 0.15) is 29.0 Å². The summed E-state index contributed by atoms with van der Waals surface area (Å²) < 4.78 is 20.7. The lowest BCUT2D eigenvalue weighted by Gasteiger charge is -2.14. The Labute approximate surface area is 197 Å². The zero-order valence-electron chi connectivity index (χ0n) is 16.4. The van der Waals surface area contributed by atoms with Crippen LogP contribution in [-0.4, -0.2) is 19.2 Å². The molecule has 1 N–H and O–H groups in total. The zero-order valence-corrected chi connectivity index (χ0v) is 19.6. The van der Waals surface area contributed by atoms with Crippen LogP contribution in [0.3, 0.4) is 0 Å². The number of carbonyl (C=O) groups excluding carboxylic acids is 1. The Bertz CT molecular complexity index is 1130. The molecule has 0 unspecified atom stereocenters. The summed E-state index contributed by atoms with van der Waals surface area (Å²) in [6, 6.07) is 19.5. The fourth-order valence-electron chi connectivity index (χ4n) is 3.69. The van der Waals surface area contributed by atoms with Crippen LogP contribution >= 0.6 is 31.9 Å². The van der Waals surface area contributed by atoms with Crippen LogP contribution in [0.25, 0.3) is 11.1 Å². The lowest BCUT2D eigenvalue weighted by atomic mass is 9.98. The summed E-state index contributed by atoms with van der Waals surface area (Å²) in [4.78, 5) is 12.1. The van der Waals surface area contributed by atoms with Gasteiger partial charge in [0, 0.05) is 27.8 Å². The Morgan fingerprint density at radius 1 is 1.03 bits per heavy atom. The summed E-state index contributed by atoms with van der Waals surface area (Å²) in [6.07, 6.45) is -0.105. The second kappa shape index (κ2) is 9.67. The van der Waals surface area contributed by atoms with Crippen molar-refractivity contribution in [3.63, 3.8) is 0 Å². The van der Waals surface area contributed by atoms with Crippen molar-refractivity contribution in [1.29, 1.82) is 0 Å². The van der Waals surface area contributed by atoms with Gasteiger partial charge in [-0.05, 0) is 50.3 Å². The Balaban J connectivity index is 1.30. The van der Waals surface area contributed by atoms with Gasteiger partial charge in [0.25, 0.3) is 0 Å². The molecule has 1 amide bonds. The molecule has 4 rings (SSSR count). The minimum absolute atomic E-state index is 0.0238. The molecule has 1 aliphatic rings. The molecule has 0 saturated heterocycles. The van der Waals surface area contributed by atoms with Crippen molar-refractivity contribution in [2.45, 2.75) is 12.3 Å². The number of alkyl carbamates (subject to hydrolysis) is 1.